The van der Waals surface area contributed by atoms with Crippen molar-refractivity contribution >= 4 is 7.60 Å². The van der Waals surface area contributed by atoms with E-state index in [4.69, 9.17) is 9.79 Å². The van der Waals surface area contributed by atoms with E-state index < -0.39 is 7.60 Å². The molecule has 0 saturated heterocycles. The quantitative estimate of drug-likeness (QED) is 0.723. The third kappa shape index (κ3) is 3.27. The van der Waals surface area contributed by atoms with E-state index in [-0.39, 0.29) is 6.16 Å². The third-order valence-electron chi connectivity index (χ3n) is 1.70. The molecule has 0 amide bonds. The van der Waals surface area contributed by atoms with Crippen molar-refractivity contribution in [3.8, 4) is 0 Å². The Morgan fingerprint density at radius 3 is 2.77 bits per heavy atom. The van der Waals surface area contributed by atoms with Crippen LogP contribution in [0, 0.1) is 0 Å². The fourth-order valence-electron chi connectivity index (χ4n) is 1.16. The van der Waals surface area contributed by atoms with Gasteiger partial charge in [0.05, 0.1) is 6.16 Å². The Balaban J connectivity index is 2.94. The van der Waals surface area contributed by atoms with Gasteiger partial charge in [0.1, 0.15) is 0 Å². The zero-order chi connectivity index (χ0) is 9.90. The van der Waals surface area contributed by atoms with E-state index in [1.165, 1.54) is 0 Å². The Hall–Kier alpha value is -0.700. The molecule has 0 aliphatic carbocycles. The molecular formula is C8H12NO3P. The van der Waals surface area contributed by atoms with Crippen LogP contribution in [0.3, 0.4) is 0 Å². The van der Waals surface area contributed by atoms with Gasteiger partial charge in [-0.25, -0.2) is 0 Å². The molecule has 1 heterocycles. The highest BCUT2D eigenvalue weighted by molar-refractivity contribution is 7.50. The summed E-state index contributed by atoms with van der Waals surface area (Å²) in [5.74, 6) is 0. The summed E-state index contributed by atoms with van der Waals surface area (Å²) in [7, 11) is -3.97. The number of rotatable bonds is 3. The Morgan fingerprint density at radius 1 is 1.54 bits per heavy atom. The van der Waals surface area contributed by atoms with Crippen molar-refractivity contribution in [3.05, 3.63) is 29.6 Å². The number of aromatic nitrogens is 1. The molecule has 0 atom stereocenters. The Morgan fingerprint density at radius 2 is 2.23 bits per heavy atom. The molecule has 1 rings (SSSR count). The average Bonchev–Trinajstić information content (AvgIpc) is 2.02. The topological polar surface area (TPSA) is 70.4 Å². The van der Waals surface area contributed by atoms with Gasteiger partial charge in [0.15, 0.2) is 0 Å². The molecule has 5 heteroatoms. The summed E-state index contributed by atoms with van der Waals surface area (Å²) in [6.45, 7) is 1.91. The van der Waals surface area contributed by atoms with Crippen LogP contribution in [0.4, 0.5) is 0 Å². The van der Waals surface area contributed by atoms with Gasteiger partial charge in [-0.1, -0.05) is 13.0 Å². The standard InChI is InChI=1S/C8H12NO3P/c1-2-8-7(4-3-5-9-8)6-13(10,11)12/h3-5H,2,6H2,1H3,(H2,10,11,12). The second-order valence-corrected chi connectivity index (χ2v) is 4.43. The average molecular weight is 201 g/mol. The lowest BCUT2D eigenvalue weighted by Crippen LogP contribution is -1.96. The Bertz CT molecular complexity index is 334. The normalized spacial score (nSPS) is 11.6. The lowest BCUT2D eigenvalue weighted by Gasteiger charge is -2.07. The van der Waals surface area contributed by atoms with Crippen LogP contribution in [0.15, 0.2) is 18.3 Å². The molecule has 4 nitrogen and oxygen atoms in total. The van der Waals surface area contributed by atoms with Gasteiger partial charge in [-0.2, -0.15) is 0 Å². The number of pyridine rings is 1. The molecule has 1 aromatic rings. The summed E-state index contributed by atoms with van der Waals surface area (Å²) in [5.41, 5.74) is 1.39. The number of hydrogen-bond acceptors (Lipinski definition) is 2. The summed E-state index contributed by atoms with van der Waals surface area (Å²) >= 11 is 0. The van der Waals surface area contributed by atoms with Crippen LogP contribution in [0.2, 0.25) is 0 Å². The second kappa shape index (κ2) is 4.01. The SMILES string of the molecule is CCc1ncccc1CP(=O)(O)O. The summed E-state index contributed by atoms with van der Waals surface area (Å²) in [4.78, 5) is 21.6. The molecule has 0 spiro atoms. The highest BCUT2D eigenvalue weighted by atomic mass is 31.2. The molecule has 0 saturated carbocycles. The van der Waals surface area contributed by atoms with Crippen molar-refractivity contribution in [3.63, 3.8) is 0 Å². The van der Waals surface area contributed by atoms with Gasteiger partial charge in [0.2, 0.25) is 0 Å². The number of nitrogens with zero attached hydrogens (tertiary/aromatic N) is 1. The molecule has 2 N–H and O–H groups in total. The van der Waals surface area contributed by atoms with Gasteiger partial charge >= 0.3 is 7.60 Å². The van der Waals surface area contributed by atoms with Gasteiger partial charge in [-0.15, -0.1) is 0 Å². The van der Waals surface area contributed by atoms with Crippen molar-refractivity contribution in [2.75, 3.05) is 0 Å². The van der Waals surface area contributed by atoms with Crippen molar-refractivity contribution < 1.29 is 14.4 Å². The van der Waals surface area contributed by atoms with Crippen LogP contribution in [0.1, 0.15) is 18.2 Å². The van der Waals surface area contributed by atoms with E-state index in [1.54, 1.807) is 18.3 Å². The van der Waals surface area contributed by atoms with Gasteiger partial charge in [0, 0.05) is 11.9 Å². The third-order valence-corrected chi connectivity index (χ3v) is 2.45. The maximum absolute atomic E-state index is 10.7. The minimum atomic E-state index is -3.97. The molecule has 0 aliphatic heterocycles. The first-order chi connectivity index (χ1) is 6.03. The monoisotopic (exact) mass is 201 g/mol. The van der Waals surface area contributed by atoms with E-state index in [1.807, 2.05) is 6.92 Å². The van der Waals surface area contributed by atoms with Gasteiger partial charge in [-0.3, -0.25) is 9.55 Å². The highest BCUT2D eigenvalue weighted by Gasteiger charge is 2.16. The van der Waals surface area contributed by atoms with Crippen LogP contribution in [0.25, 0.3) is 0 Å². The molecule has 1 aromatic heterocycles. The smallest absolute Gasteiger partial charge is 0.324 e. The van der Waals surface area contributed by atoms with Crippen LogP contribution >= 0.6 is 7.60 Å². The molecule has 72 valence electrons. The minimum absolute atomic E-state index is 0.218. The molecule has 0 fully saturated rings. The number of aryl methyl sites for hydroxylation is 1. The minimum Gasteiger partial charge on any atom is -0.324 e. The zero-order valence-electron chi connectivity index (χ0n) is 7.34. The summed E-state index contributed by atoms with van der Waals surface area (Å²) < 4.78 is 10.7. The molecule has 0 unspecified atom stereocenters. The molecule has 0 aromatic carbocycles. The first kappa shape index (κ1) is 10.4. The molecule has 0 radical (unpaired) electrons. The largest absolute Gasteiger partial charge is 0.329 e. The molecular weight excluding hydrogens is 189 g/mol. The Labute approximate surface area is 76.8 Å². The van der Waals surface area contributed by atoms with E-state index in [9.17, 15) is 4.57 Å². The van der Waals surface area contributed by atoms with E-state index in [0.29, 0.717) is 12.0 Å². The van der Waals surface area contributed by atoms with E-state index in [0.717, 1.165) is 5.69 Å². The van der Waals surface area contributed by atoms with Gasteiger partial charge < -0.3 is 9.79 Å². The number of hydrogen-bond donors (Lipinski definition) is 2. The van der Waals surface area contributed by atoms with Crippen LogP contribution in [-0.4, -0.2) is 14.8 Å². The highest BCUT2D eigenvalue weighted by Crippen LogP contribution is 2.39. The predicted molar refractivity (Wildman–Crippen MR) is 49.4 cm³/mol. The van der Waals surface area contributed by atoms with Crippen LogP contribution in [0.5, 0.6) is 0 Å². The lowest BCUT2D eigenvalue weighted by atomic mass is 10.2. The van der Waals surface area contributed by atoms with Crippen LogP contribution in [-0.2, 0) is 17.1 Å². The Kier molecular flexibility index (Phi) is 3.20. The summed E-state index contributed by atoms with van der Waals surface area (Å²) in [5, 5.41) is 0. The fraction of sp³-hybridized carbons (Fsp3) is 0.375. The summed E-state index contributed by atoms with van der Waals surface area (Å²) in [6.07, 6.45) is 2.10. The van der Waals surface area contributed by atoms with Crippen LogP contribution < -0.4 is 0 Å². The van der Waals surface area contributed by atoms with E-state index in [2.05, 4.69) is 4.98 Å². The van der Waals surface area contributed by atoms with Crippen molar-refractivity contribution in [2.45, 2.75) is 19.5 Å². The molecule has 13 heavy (non-hydrogen) atoms. The first-order valence-corrected chi connectivity index (χ1v) is 5.80. The maximum atomic E-state index is 10.7. The fourth-order valence-corrected chi connectivity index (χ4v) is 1.89. The van der Waals surface area contributed by atoms with Gasteiger partial charge in [0.25, 0.3) is 0 Å². The second-order valence-electron chi connectivity index (χ2n) is 2.79. The zero-order valence-corrected chi connectivity index (χ0v) is 8.24. The molecule has 0 aliphatic rings. The van der Waals surface area contributed by atoms with Crippen molar-refractivity contribution in [1.82, 2.24) is 4.98 Å². The summed E-state index contributed by atoms with van der Waals surface area (Å²) in [6, 6.07) is 3.38. The maximum Gasteiger partial charge on any atom is 0.329 e. The van der Waals surface area contributed by atoms with E-state index >= 15 is 0 Å². The predicted octanol–water partition coefficient (Wildman–Crippen LogP) is 1.32. The lowest BCUT2D eigenvalue weighted by molar-refractivity contribution is 0.371. The van der Waals surface area contributed by atoms with Crippen molar-refractivity contribution in [1.29, 1.82) is 0 Å². The van der Waals surface area contributed by atoms with Gasteiger partial charge in [-0.05, 0) is 18.1 Å². The van der Waals surface area contributed by atoms with Crippen molar-refractivity contribution in [2.24, 2.45) is 0 Å². The first-order valence-electron chi connectivity index (χ1n) is 4.00. The molecule has 0 bridgehead atoms.